The second-order valence-corrected chi connectivity index (χ2v) is 7.56. The van der Waals surface area contributed by atoms with Gasteiger partial charge < -0.3 is 18.8 Å². The molecular formula is C26H26FN3O4. The summed E-state index contributed by atoms with van der Waals surface area (Å²) in [5, 5.41) is 4.76. The Labute approximate surface area is 197 Å². The van der Waals surface area contributed by atoms with Gasteiger partial charge in [0.2, 0.25) is 5.88 Å². The number of furan rings is 1. The van der Waals surface area contributed by atoms with Crippen LogP contribution in [0.1, 0.15) is 28.7 Å². The van der Waals surface area contributed by atoms with E-state index in [1.807, 2.05) is 37.3 Å². The van der Waals surface area contributed by atoms with E-state index in [4.69, 9.17) is 19.0 Å². The maximum atomic E-state index is 14.5. The summed E-state index contributed by atoms with van der Waals surface area (Å²) in [5.74, 6) is -0.128. The van der Waals surface area contributed by atoms with Crippen molar-refractivity contribution in [3.63, 3.8) is 0 Å². The van der Waals surface area contributed by atoms with Gasteiger partial charge >= 0.3 is 0 Å². The quantitative estimate of drug-likeness (QED) is 0.321. The van der Waals surface area contributed by atoms with Crippen LogP contribution in [-0.4, -0.2) is 40.8 Å². The molecule has 176 valence electrons. The summed E-state index contributed by atoms with van der Waals surface area (Å²) in [7, 11) is 1.58. The molecule has 2 heterocycles. The van der Waals surface area contributed by atoms with Gasteiger partial charge in [-0.3, -0.25) is 4.79 Å². The minimum atomic E-state index is -0.491. The van der Waals surface area contributed by atoms with Crippen LogP contribution in [0.25, 0.3) is 5.69 Å². The Morgan fingerprint density at radius 3 is 2.53 bits per heavy atom. The largest absolute Gasteiger partial charge is 0.459 e. The molecule has 0 saturated carbocycles. The third kappa shape index (κ3) is 5.02. The molecule has 4 aromatic rings. The van der Waals surface area contributed by atoms with Gasteiger partial charge in [0.05, 0.1) is 36.4 Å². The van der Waals surface area contributed by atoms with E-state index in [9.17, 15) is 9.18 Å². The normalized spacial score (nSPS) is 10.9. The van der Waals surface area contributed by atoms with Crippen molar-refractivity contribution in [3.8, 4) is 17.3 Å². The summed E-state index contributed by atoms with van der Waals surface area (Å²) < 4.78 is 32.8. The van der Waals surface area contributed by atoms with Crippen molar-refractivity contribution >= 4 is 5.91 Å². The van der Waals surface area contributed by atoms with Crippen LogP contribution in [-0.2, 0) is 17.7 Å². The molecule has 0 N–H and O–H groups in total. The number of benzene rings is 2. The van der Waals surface area contributed by atoms with E-state index in [-0.39, 0.29) is 24.0 Å². The first kappa shape index (κ1) is 23.3. The molecule has 0 fully saturated rings. The molecule has 0 radical (unpaired) electrons. The summed E-state index contributed by atoms with van der Waals surface area (Å²) in [4.78, 5) is 14.8. The highest BCUT2D eigenvalue weighted by Gasteiger charge is 2.26. The van der Waals surface area contributed by atoms with Crippen molar-refractivity contribution in [1.82, 2.24) is 14.7 Å². The predicted octanol–water partition coefficient (Wildman–Crippen LogP) is 5.25. The van der Waals surface area contributed by atoms with Gasteiger partial charge in [0, 0.05) is 13.7 Å². The number of hydrogen-bond acceptors (Lipinski definition) is 5. The van der Waals surface area contributed by atoms with E-state index in [0.29, 0.717) is 31.0 Å². The number of aryl methyl sites for hydroxylation is 1. The van der Waals surface area contributed by atoms with Gasteiger partial charge in [0.25, 0.3) is 5.91 Å². The van der Waals surface area contributed by atoms with Crippen LogP contribution in [0.5, 0.6) is 11.6 Å². The number of hydrogen-bond donors (Lipinski definition) is 0. The number of halogens is 1. The summed E-state index contributed by atoms with van der Waals surface area (Å²) in [5.41, 5.74) is 2.19. The van der Waals surface area contributed by atoms with E-state index in [1.165, 1.54) is 12.3 Å². The first-order valence-electron chi connectivity index (χ1n) is 11.0. The third-order valence-electron chi connectivity index (χ3n) is 5.33. The topological polar surface area (TPSA) is 69.7 Å². The molecule has 34 heavy (non-hydrogen) atoms. The molecular weight excluding hydrogens is 437 g/mol. The Balaban J connectivity index is 1.80. The van der Waals surface area contributed by atoms with Crippen molar-refractivity contribution in [2.45, 2.75) is 19.9 Å². The minimum absolute atomic E-state index is 0.0734. The average molecular weight is 464 g/mol. The maximum absolute atomic E-state index is 14.5. The van der Waals surface area contributed by atoms with E-state index >= 15 is 0 Å². The van der Waals surface area contributed by atoms with E-state index in [2.05, 4.69) is 0 Å². The van der Waals surface area contributed by atoms with Gasteiger partial charge in [-0.2, -0.15) is 5.10 Å². The Bertz CT molecular complexity index is 1220. The van der Waals surface area contributed by atoms with Crippen LogP contribution in [0.3, 0.4) is 0 Å². The monoisotopic (exact) mass is 463 g/mol. The summed E-state index contributed by atoms with van der Waals surface area (Å²) in [6.45, 7) is 2.82. The maximum Gasteiger partial charge on any atom is 0.289 e. The van der Waals surface area contributed by atoms with Crippen molar-refractivity contribution in [1.29, 1.82) is 0 Å². The molecule has 0 aliphatic heterocycles. The number of amides is 1. The molecule has 0 aliphatic carbocycles. The average Bonchev–Trinajstić information content (AvgIpc) is 3.52. The molecule has 2 aromatic carbocycles. The molecule has 0 bridgehead atoms. The van der Waals surface area contributed by atoms with Crippen LogP contribution in [0.4, 0.5) is 4.39 Å². The fraction of sp³-hybridized carbons (Fsp3) is 0.231. The second kappa shape index (κ2) is 10.8. The van der Waals surface area contributed by atoms with Crippen LogP contribution in [0, 0.1) is 5.82 Å². The Morgan fingerprint density at radius 2 is 1.85 bits per heavy atom. The fourth-order valence-electron chi connectivity index (χ4n) is 3.60. The first-order chi connectivity index (χ1) is 16.6. The number of aromatic nitrogens is 2. The zero-order valence-electron chi connectivity index (χ0n) is 19.1. The highest BCUT2D eigenvalue weighted by molar-refractivity contribution is 5.91. The Hall–Kier alpha value is -3.91. The van der Waals surface area contributed by atoms with E-state index in [0.717, 1.165) is 11.4 Å². The van der Waals surface area contributed by atoms with Gasteiger partial charge in [-0.15, -0.1) is 0 Å². The van der Waals surface area contributed by atoms with Gasteiger partial charge in [0.15, 0.2) is 17.3 Å². The smallest absolute Gasteiger partial charge is 0.289 e. The molecule has 1 amide bonds. The van der Waals surface area contributed by atoms with Gasteiger partial charge in [-0.25, -0.2) is 9.07 Å². The lowest BCUT2D eigenvalue weighted by atomic mass is 10.1. The number of carbonyl (C=O) groups is 1. The molecule has 8 heteroatoms. The second-order valence-electron chi connectivity index (χ2n) is 7.56. The molecule has 0 atom stereocenters. The number of rotatable bonds is 10. The Morgan fingerprint density at radius 1 is 1.09 bits per heavy atom. The standard InChI is InChI=1S/C26H26FN3O4/c1-3-22-20(18-29(15-17-32-2)25(31)24-14-9-16-33-24)26(34-23-13-8-7-12-21(23)27)30(28-22)19-10-5-4-6-11-19/h4-14,16H,3,15,17-18H2,1-2H3. The number of ether oxygens (including phenoxy) is 2. The number of methoxy groups -OCH3 is 1. The summed E-state index contributed by atoms with van der Waals surface area (Å²) >= 11 is 0. The molecule has 0 unspecified atom stereocenters. The molecule has 0 saturated heterocycles. The third-order valence-corrected chi connectivity index (χ3v) is 5.33. The zero-order valence-corrected chi connectivity index (χ0v) is 19.1. The van der Waals surface area contributed by atoms with Crippen LogP contribution >= 0.6 is 0 Å². The van der Waals surface area contributed by atoms with E-state index < -0.39 is 5.82 Å². The first-order valence-corrected chi connectivity index (χ1v) is 11.0. The van der Waals surface area contributed by atoms with Crippen LogP contribution < -0.4 is 4.74 Å². The highest BCUT2D eigenvalue weighted by atomic mass is 19.1. The molecule has 7 nitrogen and oxygen atoms in total. The summed E-state index contributed by atoms with van der Waals surface area (Å²) in [6.07, 6.45) is 2.05. The van der Waals surface area contributed by atoms with Crippen molar-refractivity contribution in [2.24, 2.45) is 0 Å². The SMILES string of the molecule is CCc1nn(-c2ccccc2)c(Oc2ccccc2F)c1CN(CCOC)C(=O)c1ccco1. The molecule has 4 rings (SSSR count). The van der Waals surface area contributed by atoms with Gasteiger partial charge in [-0.05, 0) is 42.8 Å². The minimum Gasteiger partial charge on any atom is -0.459 e. The summed E-state index contributed by atoms with van der Waals surface area (Å²) in [6, 6.07) is 18.9. The fourth-order valence-corrected chi connectivity index (χ4v) is 3.60. The van der Waals surface area contributed by atoms with Gasteiger partial charge in [0.1, 0.15) is 0 Å². The number of carbonyl (C=O) groups excluding carboxylic acids is 1. The molecule has 0 aliphatic rings. The molecule has 0 spiro atoms. The Kier molecular flexibility index (Phi) is 7.39. The van der Waals surface area contributed by atoms with E-state index in [1.54, 1.807) is 47.0 Å². The van der Waals surface area contributed by atoms with Crippen LogP contribution in [0.2, 0.25) is 0 Å². The zero-order chi connectivity index (χ0) is 23.9. The predicted molar refractivity (Wildman–Crippen MR) is 125 cm³/mol. The number of nitrogens with zero attached hydrogens (tertiary/aromatic N) is 3. The van der Waals surface area contributed by atoms with Crippen molar-refractivity contribution < 1.29 is 23.1 Å². The lowest BCUT2D eigenvalue weighted by Gasteiger charge is -2.22. The highest BCUT2D eigenvalue weighted by Crippen LogP contribution is 2.33. The van der Waals surface area contributed by atoms with Crippen molar-refractivity contribution in [2.75, 3.05) is 20.3 Å². The van der Waals surface area contributed by atoms with Crippen LogP contribution in [0.15, 0.2) is 77.4 Å². The lowest BCUT2D eigenvalue weighted by molar-refractivity contribution is 0.0648. The number of para-hydroxylation sites is 2. The van der Waals surface area contributed by atoms with Crippen molar-refractivity contribution in [3.05, 3.63) is 95.8 Å². The van der Waals surface area contributed by atoms with Gasteiger partial charge in [-0.1, -0.05) is 37.3 Å². The molecule has 2 aromatic heterocycles. The lowest BCUT2D eigenvalue weighted by Crippen LogP contribution is -2.33.